The lowest BCUT2D eigenvalue weighted by molar-refractivity contribution is 0.0599. The molecule has 0 aliphatic carbocycles. The molecule has 0 bridgehead atoms. The summed E-state index contributed by atoms with van der Waals surface area (Å²) in [6.07, 6.45) is 1.02. The summed E-state index contributed by atoms with van der Waals surface area (Å²) in [4.78, 5) is 13.6. The molecule has 1 unspecified atom stereocenters. The molecule has 2 rings (SSSR count). The van der Waals surface area contributed by atoms with Crippen molar-refractivity contribution >= 4 is 5.97 Å². The van der Waals surface area contributed by atoms with Gasteiger partial charge in [-0.05, 0) is 19.4 Å². The van der Waals surface area contributed by atoms with Gasteiger partial charge in [-0.15, -0.1) is 0 Å². The van der Waals surface area contributed by atoms with Crippen LogP contribution in [0.2, 0.25) is 0 Å². The van der Waals surface area contributed by atoms with E-state index in [1.807, 2.05) is 0 Å². The van der Waals surface area contributed by atoms with Crippen LogP contribution >= 0.6 is 0 Å². The number of likely N-dealkylation sites (tertiary alicyclic amines) is 1. The minimum Gasteiger partial charge on any atom is -0.465 e. The topological polar surface area (TPSA) is 68.7 Å². The van der Waals surface area contributed by atoms with Crippen molar-refractivity contribution in [1.82, 2.24) is 4.90 Å². The zero-order chi connectivity index (χ0) is 12.4. The maximum Gasteiger partial charge on any atom is 0.341 e. The minimum atomic E-state index is -0.351. The third-order valence-corrected chi connectivity index (χ3v) is 3.06. The smallest absolute Gasteiger partial charge is 0.341 e. The molecule has 94 valence electrons. The van der Waals surface area contributed by atoms with E-state index >= 15 is 0 Å². The van der Waals surface area contributed by atoms with Crippen molar-refractivity contribution < 1.29 is 13.9 Å². The summed E-state index contributed by atoms with van der Waals surface area (Å²) in [6, 6.07) is 2.01. The fraction of sp³-hybridized carbons (Fsp3) is 0.583. The number of aryl methyl sites for hydroxylation is 1. The first-order valence-corrected chi connectivity index (χ1v) is 5.75. The lowest BCUT2D eigenvalue weighted by atomic mass is 10.2. The van der Waals surface area contributed by atoms with E-state index in [2.05, 4.69) is 9.64 Å². The Balaban J connectivity index is 2.05. The van der Waals surface area contributed by atoms with Gasteiger partial charge in [0.2, 0.25) is 0 Å². The van der Waals surface area contributed by atoms with Gasteiger partial charge >= 0.3 is 5.97 Å². The number of methoxy groups -OCH3 is 1. The van der Waals surface area contributed by atoms with Crippen LogP contribution < -0.4 is 5.73 Å². The highest BCUT2D eigenvalue weighted by Gasteiger charge is 2.22. The van der Waals surface area contributed by atoms with Gasteiger partial charge in [0.15, 0.2) is 0 Å². The standard InChI is InChI=1S/C12H18N2O3/c1-8-11(12(15)16-2)5-10(17-8)7-14-4-3-9(13)6-14/h5,9H,3-4,6-7,13H2,1-2H3. The monoisotopic (exact) mass is 238 g/mol. The predicted molar refractivity (Wildman–Crippen MR) is 62.7 cm³/mol. The number of carbonyl (C=O) groups is 1. The molecule has 0 radical (unpaired) electrons. The lowest BCUT2D eigenvalue weighted by Gasteiger charge is -2.12. The van der Waals surface area contributed by atoms with Gasteiger partial charge in [0.1, 0.15) is 17.1 Å². The molecule has 1 atom stereocenters. The molecule has 0 spiro atoms. The van der Waals surface area contributed by atoms with Crippen molar-refractivity contribution in [3.05, 3.63) is 23.2 Å². The van der Waals surface area contributed by atoms with Crippen LogP contribution in [-0.4, -0.2) is 37.1 Å². The fourth-order valence-electron chi connectivity index (χ4n) is 2.16. The molecule has 2 N–H and O–H groups in total. The van der Waals surface area contributed by atoms with E-state index in [1.54, 1.807) is 13.0 Å². The molecule has 0 amide bonds. The highest BCUT2D eigenvalue weighted by Crippen LogP contribution is 2.19. The number of nitrogens with zero attached hydrogens (tertiary/aromatic N) is 1. The number of carbonyl (C=O) groups excluding carboxylic acids is 1. The summed E-state index contributed by atoms with van der Waals surface area (Å²) in [7, 11) is 1.37. The SMILES string of the molecule is COC(=O)c1cc(CN2CCC(N)C2)oc1C. The molecule has 1 saturated heterocycles. The quantitative estimate of drug-likeness (QED) is 0.793. The molecule has 1 aromatic heterocycles. The molecule has 1 fully saturated rings. The number of esters is 1. The number of furan rings is 1. The van der Waals surface area contributed by atoms with Crippen molar-refractivity contribution in [3.8, 4) is 0 Å². The van der Waals surface area contributed by atoms with E-state index < -0.39 is 0 Å². The summed E-state index contributed by atoms with van der Waals surface area (Å²) in [5.74, 6) is 1.04. The predicted octanol–water partition coefficient (Wildman–Crippen LogP) is 0.908. The number of hydrogen-bond acceptors (Lipinski definition) is 5. The molecule has 1 aliphatic heterocycles. The maximum atomic E-state index is 11.4. The Morgan fingerprint density at radius 1 is 1.71 bits per heavy atom. The first kappa shape index (κ1) is 12.1. The number of ether oxygens (including phenoxy) is 1. The Morgan fingerprint density at radius 2 is 2.47 bits per heavy atom. The molecule has 0 aromatic carbocycles. The molecule has 17 heavy (non-hydrogen) atoms. The van der Waals surface area contributed by atoms with Crippen LogP contribution in [0.1, 0.15) is 28.3 Å². The number of rotatable bonds is 3. The fourth-order valence-corrected chi connectivity index (χ4v) is 2.16. The molecule has 1 aliphatic rings. The van der Waals surface area contributed by atoms with Gasteiger partial charge in [-0.3, -0.25) is 4.90 Å². The van der Waals surface area contributed by atoms with Gasteiger partial charge < -0.3 is 14.9 Å². The minimum absolute atomic E-state index is 0.256. The van der Waals surface area contributed by atoms with E-state index in [0.29, 0.717) is 17.9 Å². The molecule has 1 aromatic rings. The van der Waals surface area contributed by atoms with Crippen LogP contribution in [0.15, 0.2) is 10.5 Å². The summed E-state index contributed by atoms with van der Waals surface area (Å²) >= 11 is 0. The summed E-state index contributed by atoms with van der Waals surface area (Å²) in [5.41, 5.74) is 6.34. The van der Waals surface area contributed by atoms with Crippen LogP contribution in [-0.2, 0) is 11.3 Å². The second-order valence-electron chi connectivity index (χ2n) is 4.46. The van der Waals surface area contributed by atoms with E-state index in [0.717, 1.165) is 25.3 Å². The summed E-state index contributed by atoms with van der Waals surface area (Å²) in [5, 5.41) is 0. The van der Waals surface area contributed by atoms with Crippen LogP contribution in [0.4, 0.5) is 0 Å². The van der Waals surface area contributed by atoms with Gasteiger partial charge in [-0.25, -0.2) is 4.79 Å². The van der Waals surface area contributed by atoms with Gasteiger partial charge in [0, 0.05) is 19.1 Å². The van der Waals surface area contributed by atoms with Crippen LogP contribution in [0.25, 0.3) is 0 Å². The van der Waals surface area contributed by atoms with Crippen molar-refractivity contribution in [2.24, 2.45) is 5.73 Å². The van der Waals surface area contributed by atoms with Crippen LogP contribution in [0.5, 0.6) is 0 Å². The molecule has 0 saturated carbocycles. The molecule has 2 heterocycles. The van der Waals surface area contributed by atoms with E-state index in [1.165, 1.54) is 7.11 Å². The molecule has 5 heteroatoms. The molecule has 5 nitrogen and oxygen atoms in total. The Bertz CT molecular complexity index is 414. The Kier molecular flexibility index (Phi) is 3.49. The summed E-state index contributed by atoms with van der Waals surface area (Å²) in [6.45, 7) is 4.33. The van der Waals surface area contributed by atoms with Crippen molar-refractivity contribution in [3.63, 3.8) is 0 Å². The molecular formula is C12H18N2O3. The maximum absolute atomic E-state index is 11.4. The summed E-state index contributed by atoms with van der Waals surface area (Å²) < 4.78 is 10.2. The van der Waals surface area contributed by atoms with Crippen LogP contribution in [0, 0.1) is 6.92 Å². The average Bonchev–Trinajstić information content (AvgIpc) is 2.85. The van der Waals surface area contributed by atoms with E-state index in [9.17, 15) is 4.79 Å². The van der Waals surface area contributed by atoms with Crippen molar-refractivity contribution in [2.75, 3.05) is 20.2 Å². The normalized spacial score (nSPS) is 20.8. The number of hydrogen-bond donors (Lipinski definition) is 1. The highest BCUT2D eigenvalue weighted by molar-refractivity contribution is 5.90. The third kappa shape index (κ3) is 2.68. The second kappa shape index (κ2) is 4.89. The number of nitrogens with two attached hydrogens (primary N) is 1. The lowest BCUT2D eigenvalue weighted by Crippen LogP contribution is -2.26. The van der Waals surface area contributed by atoms with E-state index in [4.69, 9.17) is 10.2 Å². The first-order valence-electron chi connectivity index (χ1n) is 5.75. The average molecular weight is 238 g/mol. The zero-order valence-corrected chi connectivity index (χ0v) is 10.2. The second-order valence-corrected chi connectivity index (χ2v) is 4.46. The van der Waals surface area contributed by atoms with Gasteiger partial charge in [0.25, 0.3) is 0 Å². The Hall–Kier alpha value is -1.33. The Labute approximate surface area is 101 Å². The van der Waals surface area contributed by atoms with Crippen molar-refractivity contribution in [2.45, 2.75) is 25.9 Å². The van der Waals surface area contributed by atoms with Crippen LogP contribution in [0.3, 0.4) is 0 Å². The van der Waals surface area contributed by atoms with Crippen molar-refractivity contribution in [1.29, 1.82) is 0 Å². The Morgan fingerprint density at radius 3 is 3.06 bits per heavy atom. The third-order valence-electron chi connectivity index (χ3n) is 3.06. The molecular weight excluding hydrogens is 220 g/mol. The first-order chi connectivity index (χ1) is 8.10. The zero-order valence-electron chi connectivity index (χ0n) is 10.2. The largest absolute Gasteiger partial charge is 0.465 e. The van der Waals surface area contributed by atoms with E-state index in [-0.39, 0.29) is 12.0 Å². The highest BCUT2D eigenvalue weighted by atomic mass is 16.5. The van der Waals surface area contributed by atoms with Gasteiger partial charge in [-0.2, -0.15) is 0 Å². The van der Waals surface area contributed by atoms with Gasteiger partial charge in [0.05, 0.1) is 13.7 Å². The van der Waals surface area contributed by atoms with Gasteiger partial charge in [-0.1, -0.05) is 0 Å².